The van der Waals surface area contributed by atoms with E-state index >= 15 is 0 Å². The van der Waals surface area contributed by atoms with Crippen molar-refractivity contribution in [3.8, 4) is 0 Å². The van der Waals surface area contributed by atoms with E-state index in [1.807, 2.05) is 12.3 Å². The van der Waals surface area contributed by atoms with Gasteiger partial charge in [-0.25, -0.2) is 0 Å². The summed E-state index contributed by atoms with van der Waals surface area (Å²) < 4.78 is 1.11. The van der Waals surface area contributed by atoms with Crippen LogP contribution in [0.5, 0.6) is 0 Å². The molecular weight excluding hydrogens is 264 g/mol. The average Bonchev–Trinajstić information content (AvgIpc) is 2.29. The lowest BCUT2D eigenvalue weighted by Gasteiger charge is -2.10. The fourth-order valence-electron chi connectivity index (χ4n) is 1.90. The molecule has 84 valence electrons. The molecule has 0 amide bonds. The molecule has 16 heavy (non-hydrogen) atoms. The number of hydrogen-bond donors (Lipinski definition) is 1. The molecule has 0 aliphatic rings. The topological polar surface area (TPSA) is 24.9 Å². The maximum Gasteiger partial charge on any atom is 0.0755 e. The van der Waals surface area contributed by atoms with Crippen LogP contribution in [-0.4, -0.2) is 11.5 Å². The van der Waals surface area contributed by atoms with Crippen LogP contribution in [0.1, 0.15) is 19.4 Å². The fourth-order valence-corrected chi connectivity index (χ4v) is 2.41. The normalized spacial score (nSPS) is 10.7. The van der Waals surface area contributed by atoms with Gasteiger partial charge in [-0.05, 0) is 37.1 Å². The summed E-state index contributed by atoms with van der Waals surface area (Å²) in [6.45, 7) is 5.18. The van der Waals surface area contributed by atoms with Gasteiger partial charge in [-0.2, -0.15) is 0 Å². The molecule has 2 rings (SSSR count). The number of fused-ring (bicyclic) bond motifs is 1. The number of aromatic nitrogens is 1. The van der Waals surface area contributed by atoms with E-state index in [1.54, 1.807) is 0 Å². The maximum absolute atomic E-state index is 4.48. The number of nitrogens with one attached hydrogen (secondary N) is 1. The summed E-state index contributed by atoms with van der Waals surface area (Å²) in [5.41, 5.74) is 3.54. The molecule has 1 aromatic carbocycles. The molecule has 0 unspecified atom stereocenters. The molecule has 1 heterocycles. The second-order valence-corrected chi connectivity index (χ2v) is 4.62. The first-order chi connectivity index (χ1) is 7.76. The summed E-state index contributed by atoms with van der Waals surface area (Å²) in [6.07, 6.45) is 2.87. The predicted molar refractivity (Wildman–Crippen MR) is 73.0 cm³/mol. The first-order valence-corrected chi connectivity index (χ1v) is 6.36. The summed E-state index contributed by atoms with van der Waals surface area (Å²) in [6, 6.07) is 6.29. The molecule has 1 N–H and O–H groups in total. The SMILES string of the molecule is CCNc1ccnc2c(CC)cc(Br)cc12. The molecule has 0 radical (unpaired) electrons. The van der Waals surface area contributed by atoms with E-state index in [1.165, 1.54) is 10.9 Å². The number of hydrogen-bond acceptors (Lipinski definition) is 2. The molecule has 0 bridgehead atoms. The Kier molecular flexibility index (Phi) is 3.44. The highest BCUT2D eigenvalue weighted by molar-refractivity contribution is 9.10. The summed E-state index contributed by atoms with van der Waals surface area (Å²) in [5.74, 6) is 0. The molecule has 0 saturated heterocycles. The monoisotopic (exact) mass is 278 g/mol. The van der Waals surface area contributed by atoms with Gasteiger partial charge in [0.2, 0.25) is 0 Å². The number of benzene rings is 1. The van der Waals surface area contributed by atoms with Gasteiger partial charge in [-0.3, -0.25) is 4.98 Å². The van der Waals surface area contributed by atoms with Crippen molar-refractivity contribution in [1.82, 2.24) is 4.98 Å². The van der Waals surface area contributed by atoms with Crippen LogP contribution < -0.4 is 5.32 Å². The third kappa shape index (κ3) is 2.05. The van der Waals surface area contributed by atoms with Gasteiger partial charge < -0.3 is 5.32 Å². The van der Waals surface area contributed by atoms with Gasteiger partial charge in [-0.15, -0.1) is 0 Å². The molecule has 0 saturated carbocycles. The van der Waals surface area contributed by atoms with E-state index in [4.69, 9.17) is 0 Å². The largest absolute Gasteiger partial charge is 0.385 e. The Morgan fingerprint density at radius 3 is 2.81 bits per heavy atom. The Hall–Kier alpha value is -1.09. The lowest BCUT2D eigenvalue weighted by atomic mass is 10.1. The van der Waals surface area contributed by atoms with Crippen molar-refractivity contribution in [2.75, 3.05) is 11.9 Å². The number of pyridine rings is 1. The lowest BCUT2D eigenvalue weighted by molar-refractivity contribution is 1.14. The first kappa shape index (κ1) is 11.4. The quantitative estimate of drug-likeness (QED) is 0.918. The van der Waals surface area contributed by atoms with Gasteiger partial charge in [0.1, 0.15) is 0 Å². The van der Waals surface area contributed by atoms with Crippen molar-refractivity contribution in [3.05, 3.63) is 34.4 Å². The fraction of sp³-hybridized carbons (Fsp3) is 0.308. The Bertz CT molecular complexity index is 509. The van der Waals surface area contributed by atoms with Crippen LogP contribution in [0.4, 0.5) is 5.69 Å². The zero-order chi connectivity index (χ0) is 11.5. The van der Waals surface area contributed by atoms with Crippen LogP contribution >= 0.6 is 15.9 Å². The number of nitrogens with zero attached hydrogens (tertiary/aromatic N) is 1. The van der Waals surface area contributed by atoms with Crippen molar-refractivity contribution in [3.63, 3.8) is 0 Å². The summed E-state index contributed by atoms with van der Waals surface area (Å²) >= 11 is 3.55. The maximum atomic E-state index is 4.48. The van der Waals surface area contributed by atoms with E-state index in [9.17, 15) is 0 Å². The molecular formula is C13H15BrN2. The van der Waals surface area contributed by atoms with Gasteiger partial charge in [0.25, 0.3) is 0 Å². The highest BCUT2D eigenvalue weighted by atomic mass is 79.9. The van der Waals surface area contributed by atoms with Crippen LogP contribution in [-0.2, 0) is 6.42 Å². The van der Waals surface area contributed by atoms with Crippen LogP contribution in [0.15, 0.2) is 28.9 Å². The van der Waals surface area contributed by atoms with E-state index in [0.717, 1.165) is 28.6 Å². The van der Waals surface area contributed by atoms with Crippen LogP contribution in [0.2, 0.25) is 0 Å². The Balaban J connectivity index is 2.71. The lowest BCUT2D eigenvalue weighted by Crippen LogP contribution is -1.99. The van der Waals surface area contributed by atoms with Gasteiger partial charge in [-0.1, -0.05) is 22.9 Å². The molecule has 2 aromatic rings. The smallest absolute Gasteiger partial charge is 0.0755 e. The molecule has 2 nitrogen and oxygen atoms in total. The van der Waals surface area contributed by atoms with Gasteiger partial charge in [0, 0.05) is 28.3 Å². The summed E-state index contributed by atoms with van der Waals surface area (Å²) in [4.78, 5) is 4.48. The Morgan fingerprint density at radius 1 is 1.31 bits per heavy atom. The van der Waals surface area contributed by atoms with Crippen molar-refractivity contribution in [2.45, 2.75) is 20.3 Å². The standard InChI is InChI=1S/C13H15BrN2/c1-3-9-7-10(14)8-11-12(15-4-2)5-6-16-13(9)11/h5-8H,3-4H2,1-2H3,(H,15,16). The average molecular weight is 279 g/mol. The van der Waals surface area contributed by atoms with Crippen molar-refractivity contribution in [2.24, 2.45) is 0 Å². The Morgan fingerprint density at radius 2 is 2.12 bits per heavy atom. The molecule has 0 aliphatic heterocycles. The molecule has 0 fully saturated rings. The van der Waals surface area contributed by atoms with E-state index in [-0.39, 0.29) is 0 Å². The molecule has 0 spiro atoms. The number of anilines is 1. The second kappa shape index (κ2) is 4.83. The highest BCUT2D eigenvalue weighted by Crippen LogP contribution is 2.28. The highest BCUT2D eigenvalue weighted by Gasteiger charge is 2.06. The number of halogens is 1. The van der Waals surface area contributed by atoms with Crippen molar-refractivity contribution < 1.29 is 0 Å². The molecule has 1 aromatic heterocycles. The van der Waals surface area contributed by atoms with Gasteiger partial charge >= 0.3 is 0 Å². The molecule has 3 heteroatoms. The minimum atomic E-state index is 0.924. The van der Waals surface area contributed by atoms with Crippen LogP contribution in [0, 0.1) is 0 Å². The molecule has 0 atom stereocenters. The van der Waals surface area contributed by atoms with E-state index < -0.39 is 0 Å². The third-order valence-corrected chi connectivity index (χ3v) is 3.09. The van der Waals surface area contributed by atoms with E-state index in [2.05, 4.69) is 52.2 Å². The summed E-state index contributed by atoms with van der Waals surface area (Å²) in [7, 11) is 0. The second-order valence-electron chi connectivity index (χ2n) is 3.70. The Labute approximate surface area is 104 Å². The minimum Gasteiger partial charge on any atom is -0.385 e. The molecule has 0 aliphatic carbocycles. The van der Waals surface area contributed by atoms with E-state index in [0.29, 0.717) is 0 Å². The predicted octanol–water partition coefficient (Wildman–Crippen LogP) is 3.99. The summed E-state index contributed by atoms with van der Waals surface area (Å²) in [5, 5.41) is 4.56. The van der Waals surface area contributed by atoms with Crippen LogP contribution in [0.25, 0.3) is 10.9 Å². The number of rotatable bonds is 3. The van der Waals surface area contributed by atoms with Gasteiger partial charge in [0.05, 0.1) is 5.52 Å². The van der Waals surface area contributed by atoms with Crippen LogP contribution in [0.3, 0.4) is 0 Å². The number of aryl methyl sites for hydroxylation is 1. The first-order valence-electron chi connectivity index (χ1n) is 5.57. The third-order valence-electron chi connectivity index (χ3n) is 2.64. The minimum absolute atomic E-state index is 0.924. The zero-order valence-electron chi connectivity index (χ0n) is 9.55. The van der Waals surface area contributed by atoms with Gasteiger partial charge in [0.15, 0.2) is 0 Å². The zero-order valence-corrected chi connectivity index (χ0v) is 11.1. The van der Waals surface area contributed by atoms with Crippen molar-refractivity contribution in [1.29, 1.82) is 0 Å². The van der Waals surface area contributed by atoms with Crippen molar-refractivity contribution >= 4 is 32.5 Å².